The molecule has 0 saturated carbocycles. The van der Waals surface area contributed by atoms with Gasteiger partial charge < -0.3 is 9.47 Å². The monoisotopic (exact) mass is 316 g/mol. The van der Waals surface area contributed by atoms with E-state index in [1.807, 2.05) is 0 Å². The number of ether oxygens (including phenoxy) is 2. The molecule has 4 heteroatoms. The summed E-state index contributed by atoms with van der Waals surface area (Å²) in [5, 5.41) is 0.896. The summed E-state index contributed by atoms with van der Waals surface area (Å²) in [6.45, 7) is 0. The number of hydrogen-bond acceptors (Lipinski definition) is 2. The maximum Gasteiger partial charge on any atom is 0.123 e. The van der Waals surface area contributed by atoms with Gasteiger partial charge in [0, 0.05) is 5.33 Å². The zero-order valence-corrected chi connectivity index (χ0v) is 12.1. The van der Waals surface area contributed by atoms with Crippen LogP contribution in [0.25, 0.3) is 0 Å². The van der Waals surface area contributed by atoms with Crippen molar-refractivity contribution in [2.45, 2.75) is 37.9 Å². The molecule has 1 aromatic rings. The molecular weight excluding hydrogens is 299 g/mol. The van der Waals surface area contributed by atoms with Crippen LogP contribution < -0.4 is 4.74 Å². The van der Waals surface area contributed by atoms with Crippen LogP contribution in [0.5, 0.6) is 5.75 Å². The minimum absolute atomic E-state index is 0.212. The lowest BCUT2D eigenvalue weighted by Crippen LogP contribution is -2.12. The molecule has 0 N–H and O–H groups in total. The van der Waals surface area contributed by atoms with Crippen LogP contribution in [0.3, 0.4) is 0 Å². The number of hydrogen-bond donors (Lipinski definition) is 0. The molecule has 1 aliphatic heterocycles. The van der Waals surface area contributed by atoms with E-state index in [1.54, 1.807) is 19.2 Å². The molecule has 1 aromatic carbocycles. The summed E-state index contributed by atoms with van der Waals surface area (Å²) in [6.07, 6.45) is 4.54. The predicted octanol–water partition coefficient (Wildman–Crippen LogP) is 3.71. The zero-order chi connectivity index (χ0) is 13.0. The van der Waals surface area contributed by atoms with Crippen LogP contribution in [0.2, 0.25) is 0 Å². The van der Waals surface area contributed by atoms with Crippen molar-refractivity contribution in [1.29, 1.82) is 0 Å². The summed E-state index contributed by atoms with van der Waals surface area (Å²) < 4.78 is 24.3. The highest BCUT2D eigenvalue weighted by molar-refractivity contribution is 9.09. The molecule has 0 bridgehead atoms. The Morgan fingerprint density at radius 2 is 2.17 bits per heavy atom. The first-order chi connectivity index (χ1) is 8.72. The molecule has 2 unspecified atom stereocenters. The first kappa shape index (κ1) is 13.8. The molecular formula is C14H18BrFO2. The van der Waals surface area contributed by atoms with E-state index in [2.05, 4.69) is 15.9 Å². The Morgan fingerprint density at radius 1 is 1.39 bits per heavy atom. The van der Waals surface area contributed by atoms with Crippen molar-refractivity contribution in [3.05, 3.63) is 29.6 Å². The van der Waals surface area contributed by atoms with Gasteiger partial charge in [0.05, 0.1) is 19.3 Å². The normalized spacial score (nSPS) is 23.3. The summed E-state index contributed by atoms with van der Waals surface area (Å²) in [5.74, 6) is 0.544. The van der Waals surface area contributed by atoms with E-state index >= 15 is 0 Å². The van der Waals surface area contributed by atoms with E-state index in [-0.39, 0.29) is 5.82 Å². The quantitative estimate of drug-likeness (QED) is 0.771. The number of methoxy groups -OCH3 is 1. The Morgan fingerprint density at radius 3 is 2.83 bits per heavy atom. The van der Waals surface area contributed by atoms with Gasteiger partial charge >= 0.3 is 0 Å². The third-order valence-electron chi connectivity index (χ3n) is 3.35. The molecule has 0 radical (unpaired) electrons. The van der Waals surface area contributed by atoms with Gasteiger partial charge in [0.15, 0.2) is 0 Å². The topological polar surface area (TPSA) is 18.5 Å². The van der Waals surface area contributed by atoms with Crippen molar-refractivity contribution in [3.63, 3.8) is 0 Å². The summed E-state index contributed by atoms with van der Waals surface area (Å²) in [5.41, 5.74) is 0.920. The van der Waals surface area contributed by atoms with E-state index in [4.69, 9.17) is 9.47 Å². The molecule has 0 spiro atoms. The maximum atomic E-state index is 13.2. The molecule has 0 aromatic heterocycles. The Hall–Kier alpha value is -0.610. The summed E-state index contributed by atoms with van der Waals surface area (Å²) in [7, 11) is 1.61. The van der Waals surface area contributed by atoms with Gasteiger partial charge in [0.2, 0.25) is 0 Å². The van der Waals surface area contributed by atoms with Gasteiger partial charge in [0.1, 0.15) is 11.6 Å². The Balaban J connectivity index is 1.92. The van der Waals surface area contributed by atoms with E-state index in [0.717, 1.165) is 42.3 Å². The number of rotatable bonds is 5. The van der Waals surface area contributed by atoms with Crippen LogP contribution in [0.15, 0.2) is 18.2 Å². The number of aryl methyl sites for hydroxylation is 1. The molecule has 2 nitrogen and oxygen atoms in total. The van der Waals surface area contributed by atoms with Crippen LogP contribution >= 0.6 is 15.9 Å². The maximum absolute atomic E-state index is 13.2. The molecule has 0 aliphatic carbocycles. The first-order valence-corrected chi connectivity index (χ1v) is 7.39. The first-order valence-electron chi connectivity index (χ1n) is 6.26. The van der Waals surface area contributed by atoms with E-state index in [0.29, 0.717) is 12.2 Å². The molecule has 1 saturated heterocycles. The minimum atomic E-state index is -0.212. The third kappa shape index (κ3) is 3.45. The van der Waals surface area contributed by atoms with Gasteiger partial charge in [-0.2, -0.15) is 0 Å². The average molecular weight is 317 g/mol. The lowest BCUT2D eigenvalue weighted by Gasteiger charge is -2.13. The van der Waals surface area contributed by atoms with Crippen molar-refractivity contribution < 1.29 is 13.9 Å². The third-order valence-corrected chi connectivity index (χ3v) is 4.07. The van der Waals surface area contributed by atoms with Crippen LogP contribution in [-0.2, 0) is 11.2 Å². The van der Waals surface area contributed by atoms with Gasteiger partial charge in [-0.1, -0.05) is 15.9 Å². The molecule has 100 valence electrons. The molecule has 18 heavy (non-hydrogen) atoms. The summed E-state index contributed by atoms with van der Waals surface area (Å²) in [4.78, 5) is 0. The number of benzene rings is 1. The molecule has 2 rings (SSSR count). The van der Waals surface area contributed by atoms with Crippen LogP contribution in [0.4, 0.5) is 4.39 Å². The second-order valence-corrected chi connectivity index (χ2v) is 5.25. The van der Waals surface area contributed by atoms with Gasteiger partial charge in [-0.05, 0) is 49.4 Å². The van der Waals surface area contributed by atoms with Crippen LogP contribution in [0.1, 0.15) is 24.8 Å². The molecule has 1 aliphatic rings. The number of halogens is 2. The van der Waals surface area contributed by atoms with Crippen molar-refractivity contribution in [1.82, 2.24) is 0 Å². The van der Waals surface area contributed by atoms with E-state index in [9.17, 15) is 4.39 Å². The lowest BCUT2D eigenvalue weighted by molar-refractivity contribution is 0.0542. The largest absolute Gasteiger partial charge is 0.496 e. The standard InChI is InChI=1S/C14H18BrFO2/c1-17-14-7-3-11(16)8-10(14)2-4-12-5-6-13(9-15)18-12/h3,7-8,12-13H,2,4-6,9H2,1H3. The van der Waals surface area contributed by atoms with Gasteiger partial charge in [-0.25, -0.2) is 4.39 Å². The second kappa shape index (κ2) is 6.53. The molecule has 0 amide bonds. The Kier molecular flexibility index (Phi) is 5.01. The highest BCUT2D eigenvalue weighted by Gasteiger charge is 2.24. The van der Waals surface area contributed by atoms with Gasteiger partial charge in [0.25, 0.3) is 0 Å². The number of alkyl halides is 1. The van der Waals surface area contributed by atoms with Crippen molar-refractivity contribution in [3.8, 4) is 5.75 Å². The zero-order valence-electron chi connectivity index (χ0n) is 10.5. The smallest absolute Gasteiger partial charge is 0.123 e. The highest BCUT2D eigenvalue weighted by atomic mass is 79.9. The van der Waals surface area contributed by atoms with Crippen LogP contribution in [-0.4, -0.2) is 24.6 Å². The van der Waals surface area contributed by atoms with Gasteiger partial charge in [-0.3, -0.25) is 0 Å². The molecule has 2 atom stereocenters. The summed E-state index contributed by atoms with van der Waals surface area (Å²) in [6, 6.07) is 4.66. The van der Waals surface area contributed by atoms with Crippen molar-refractivity contribution >= 4 is 15.9 Å². The van der Waals surface area contributed by atoms with Gasteiger partial charge in [-0.15, -0.1) is 0 Å². The fraction of sp³-hybridized carbons (Fsp3) is 0.571. The van der Waals surface area contributed by atoms with E-state index in [1.165, 1.54) is 6.07 Å². The lowest BCUT2D eigenvalue weighted by atomic mass is 10.0. The fourth-order valence-electron chi connectivity index (χ4n) is 2.36. The Bertz CT molecular complexity index is 397. The summed E-state index contributed by atoms with van der Waals surface area (Å²) >= 11 is 3.44. The second-order valence-electron chi connectivity index (χ2n) is 4.61. The SMILES string of the molecule is COc1ccc(F)cc1CCC1CCC(CBr)O1. The van der Waals surface area contributed by atoms with Crippen molar-refractivity contribution in [2.75, 3.05) is 12.4 Å². The highest BCUT2D eigenvalue weighted by Crippen LogP contribution is 2.27. The van der Waals surface area contributed by atoms with E-state index < -0.39 is 0 Å². The predicted molar refractivity (Wildman–Crippen MR) is 73.0 cm³/mol. The minimum Gasteiger partial charge on any atom is -0.496 e. The molecule has 1 fully saturated rings. The van der Waals surface area contributed by atoms with Crippen LogP contribution in [0, 0.1) is 5.82 Å². The Labute approximate surface area is 116 Å². The molecule has 1 heterocycles. The average Bonchev–Trinajstić information content (AvgIpc) is 2.84. The van der Waals surface area contributed by atoms with Crippen molar-refractivity contribution in [2.24, 2.45) is 0 Å². The fourth-order valence-corrected chi connectivity index (χ4v) is 2.84.